The molecule has 0 saturated heterocycles. The van der Waals surface area contributed by atoms with E-state index in [9.17, 15) is 4.79 Å². The Hall–Kier alpha value is -1.58. The van der Waals surface area contributed by atoms with E-state index in [1.165, 1.54) is 0 Å². The summed E-state index contributed by atoms with van der Waals surface area (Å²) in [6.45, 7) is 0.298. The fourth-order valence-electron chi connectivity index (χ4n) is 2.22. The van der Waals surface area contributed by atoms with Crippen molar-refractivity contribution in [3.63, 3.8) is 0 Å². The van der Waals surface area contributed by atoms with Crippen LogP contribution in [-0.4, -0.2) is 10.4 Å². The predicted octanol–water partition coefficient (Wildman–Crippen LogP) is 4.94. The summed E-state index contributed by atoms with van der Waals surface area (Å²) in [5.74, 6) is 0.0648. The number of fused-ring (bicyclic) bond motifs is 1. The lowest BCUT2D eigenvalue weighted by Gasteiger charge is -2.06. The number of aromatic nitrogens is 1. The molecule has 0 aliphatic heterocycles. The highest BCUT2D eigenvalue weighted by atomic mass is 79.9. The second-order valence-corrected chi connectivity index (χ2v) is 5.84. The third-order valence-electron chi connectivity index (χ3n) is 3.22. The van der Waals surface area contributed by atoms with Gasteiger partial charge in [0.2, 0.25) is 0 Å². The molecule has 0 amide bonds. The number of rotatable bonds is 3. The van der Waals surface area contributed by atoms with Gasteiger partial charge in [0.05, 0.1) is 6.54 Å². The van der Waals surface area contributed by atoms with E-state index < -0.39 is 0 Å². The summed E-state index contributed by atoms with van der Waals surface area (Å²) < 4.78 is 2.74. The van der Waals surface area contributed by atoms with Gasteiger partial charge in [0, 0.05) is 26.8 Å². The number of benzene rings is 2. The Balaban J connectivity index is 1.96. The Morgan fingerprint density at radius 1 is 1.15 bits per heavy atom. The number of nitrogens with zero attached hydrogens (tertiary/aromatic N) is 1. The summed E-state index contributed by atoms with van der Waals surface area (Å²) in [7, 11) is 0. The van der Waals surface area contributed by atoms with E-state index in [0.29, 0.717) is 17.1 Å². The van der Waals surface area contributed by atoms with Gasteiger partial charge in [-0.3, -0.25) is 4.79 Å². The summed E-state index contributed by atoms with van der Waals surface area (Å²) in [6.07, 6.45) is 1.91. The molecular weight excluding hydrogens is 338 g/mol. The second kappa shape index (κ2) is 5.43. The van der Waals surface area contributed by atoms with Crippen LogP contribution in [-0.2, 0) is 6.54 Å². The number of ketones is 1. The first-order valence-corrected chi connectivity index (χ1v) is 7.34. The van der Waals surface area contributed by atoms with E-state index in [1.54, 1.807) is 0 Å². The van der Waals surface area contributed by atoms with Gasteiger partial charge < -0.3 is 4.57 Å². The molecule has 1 heterocycles. The first-order valence-electron chi connectivity index (χ1n) is 6.17. The summed E-state index contributed by atoms with van der Waals surface area (Å²) in [6, 6.07) is 15.1. The van der Waals surface area contributed by atoms with Gasteiger partial charge in [0.15, 0.2) is 5.78 Å². The van der Waals surface area contributed by atoms with Crippen molar-refractivity contribution >= 4 is 44.2 Å². The maximum Gasteiger partial charge on any atom is 0.183 e. The molecule has 0 spiro atoms. The summed E-state index contributed by atoms with van der Waals surface area (Å²) >= 11 is 9.43. The van der Waals surface area contributed by atoms with Crippen molar-refractivity contribution in [3.05, 3.63) is 69.8 Å². The van der Waals surface area contributed by atoms with Crippen LogP contribution in [0.2, 0.25) is 5.02 Å². The van der Waals surface area contributed by atoms with E-state index in [0.717, 1.165) is 15.4 Å². The molecule has 3 rings (SSSR count). The minimum atomic E-state index is 0.0648. The van der Waals surface area contributed by atoms with Crippen LogP contribution in [0.5, 0.6) is 0 Å². The normalized spacial score (nSPS) is 10.9. The number of Topliss-reactive ketones (excluding diaryl/α,β-unsaturated/α-hetero) is 1. The summed E-state index contributed by atoms with van der Waals surface area (Å²) in [5.41, 5.74) is 1.66. The molecule has 0 saturated carbocycles. The molecule has 0 unspecified atom stereocenters. The van der Waals surface area contributed by atoms with E-state index in [-0.39, 0.29) is 5.78 Å². The van der Waals surface area contributed by atoms with Crippen molar-refractivity contribution in [1.82, 2.24) is 4.57 Å². The van der Waals surface area contributed by atoms with Gasteiger partial charge in [0.25, 0.3) is 0 Å². The van der Waals surface area contributed by atoms with Crippen molar-refractivity contribution in [1.29, 1.82) is 0 Å². The highest BCUT2D eigenvalue weighted by Crippen LogP contribution is 2.22. The molecule has 0 aliphatic carbocycles. The van der Waals surface area contributed by atoms with Gasteiger partial charge in [-0.2, -0.15) is 0 Å². The molecule has 0 bridgehead atoms. The maximum atomic E-state index is 12.4. The van der Waals surface area contributed by atoms with Crippen LogP contribution in [0.15, 0.2) is 59.2 Å². The molecule has 0 radical (unpaired) electrons. The first-order chi connectivity index (χ1) is 9.65. The molecule has 3 aromatic rings. The van der Waals surface area contributed by atoms with Crippen LogP contribution in [0.4, 0.5) is 0 Å². The summed E-state index contributed by atoms with van der Waals surface area (Å²) in [4.78, 5) is 12.4. The number of halogens is 2. The number of hydrogen-bond donors (Lipinski definition) is 0. The largest absolute Gasteiger partial charge is 0.340 e. The van der Waals surface area contributed by atoms with Gasteiger partial charge in [-0.25, -0.2) is 0 Å². The van der Waals surface area contributed by atoms with E-state index >= 15 is 0 Å². The Morgan fingerprint density at radius 3 is 2.75 bits per heavy atom. The maximum absolute atomic E-state index is 12.4. The van der Waals surface area contributed by atoms with Crippen LogP contribution in [0.25, 0.3) is 10.9 Å². The standard InChI is InChI=1S/C16H11BrClNO/c17-14-4-2-1-3-13(14)16(20)10-19-8-7-11-5-6-12(18)9-15(11)19/h1-9H,10H2. The molecule has 2 nitrogen and oxygen atoms in total. The lowest BCUT2D eigenvalue weighted by molar-refractivity contribution is 0.0973. The topological polar surface area (TPSA) is 22.0 Å². The third-order valence-corrected chi connectivity index (χ3v) is 4.15. The van der Waals surface area contributed by atoms with Gasteiger partial charge in [-0.05, 0) is 29.7 Å². The van der Waals surface area contributed by atoms with Crippen LogP contribution < -0.4 is 0 Å². The smallest absolute Gasteiger partial charge is 0.183 e. The van der Waals surface area contributed by atoms with E-state index in [2.05, 4.69) is 15.9 Å². The quantitative estimate of drug-likeness (QED) is 0.614. The molecule has 20 heavy (non-hydrogen) atoms. The van der Waals surface area contributed by atoms with Crippen molar-refractivity contribution in [3.8, 4) is 0 Å². The molecule has 4 heteroatoms. The van der Waals surface area contributed by atoms with Crippen molar-refractivity contribution in [2.24, 2.45) is 0 Å². The van der Waals surface area contributed by atoms with Gasteiger partial charge in [-0.1, -0.05) is 51.8 Å². The van der Waals surface area contributed by atoms with E-state index in [1.807, 2.05) is 59.3 Å². The predicted molar refractivity (Wildman–Crippen MR) is 85.4 cm³/mol. The fraction of sp³-hybridized carbons (Fsp3) is 0.0625. The molecule has 0 fully saturated rings. The number of carbonyl (C=O) groups is 1. The van der Waals surface area contributed by atoms with Crippen LogP contribution in [0.3, 0.4) is 0 Å². The minimum Gasteiger partial charge on any atom is -0.340 e. The fourth-order valence-corrected chi connectivity index (χ4v) is 2.89. The highest BCUT2D eigenvalue weighted by molar-refractivity contribution is 9.10. The Labute approximate surface area is 130 Å². The zero-order valence-corrected chi connectivity index (χ0v) is 12.9. The lowest BCUT2D eigenvalue weighted by Crippen LogP contribution is -2.10. The van der Waals surface area contributed by atoms with Gasteiger partial charge in [-0.15, -0.1) is 0 Å². The van der Waals surface area contributed by atoms with Crippen molar-refractivity contribution in [2.45, 2.75) is 6.54 Å². The molecule has 1 aromatic heterocycles. The van der Waals surface area contributed by atoms with Gasteiger partial charge >= 0.3 is 0 Å². The Kier molecular flexibility index (Phi) is 3.64. The summed E-state index contributed by atoms with van der Waals surface area (Å²) in [5, 5.41) is 1.75. The monoisotopic (exact) mass is 347 g/mol. The molecular formula is C16H11BrClNO. The van der Waals surface area contributed by atoms with Gasteiger partial charge in [0.1, 0.15) is 0 Å². The van der Waals surface area contributed by atoms with Crippen LogP contribution in [0.1, 0.15) is 10.4 Å². The van der Waals surface area contributed by atoms with Crippen molar-refractivity contribution < 1.29 is 4.79 Å². The molecule has 0 aliphatic rings. The van der Waals surface area contributed by atoms with Crippen molar-refractivity contribution in [2.75, 3.05) is 0 Å². The second-order valence-electron chi connectivity index (χ2n) is 4.55. The lowest BCUT2D eigenvalue weighted by atomic mass is 10.1. The third kappa shape index (κ3) is 2.51. The first kappa shape index (κ1) is 13.4. The minimum absolute atomic E-state index is 0.0648. The van der Waals surface area contributed by atoms with Crippen LogP contribution in [0, 0.1) is 0 Å². The molecule has 0 N–H and O–H groups in total. The van der Waals surface area contributed by atoms with Crippen LogP contribution >= 0.6 is 27.5 Å². The number of carbonyl (C=O) groups excluding carboxylic acids is 1. The SMILES string of the molecule is O=C(Cn1ccc2ccc(Cl)cc21)c1ccccc1Br. The average Bonchev–Trinajstić information content (AvgIpc) is 2.82. The highest BCUT2D eigenvalue weighted by Gasteiger charge is 2.11. The average molecular weight is 349 g/mol. The zero-order valence-electron chi connectivity index (χ0n) is 10.5. The number of hydrogen-bond acceptors (Lipinski definition) is 1. The zero-order chi connectivity index (χ0) is 14.1. The Morgan fingerprint density at radius 2 is 1.95 bits per heavy atom. The molecule has 0 atom stereocenters. The molecule has 100 valence electrons. The Bertz CT molecular complexity index is 794. The molecule has 2 aromatic carbocycles. The van der Waals surface area contributed by atoms with E-state index in [4.69, 9.17) is 11.6 Å².